The first-order valence-corrected chi connectivity index (χ1v) is 6.16. The molecule has 16 heavy (non-hydrogen) atoms. The molecule has 0 unspecified atom stereocenters. The van der Waals surface area contributed by atoms with Gasteiger partial charge in [0.15, 0.2) is 0 Å². The zero-order valence-corrected chi connectivity index (χ0v) is 9.65. The molecule has 1 saturated heterocycles. The molecule has 2 amide bonds. The Balaban J connectivity index is 1.65. The van der Waals surface area contributed by atoms with Gasteiger partial charge in [0.2, 0.25) is 0 Å². The van der Waals surface area contributed by atoms with Gasteiger partial charge in [-0.2, -0.15) is 0 Å². The molecule has 2 aliphatic rings. The number of likely N-dealkylation sites (tertiary alicyclic amines) is 1. The van der Waals surface area contributed by atoms with E-state index in [0.717, 1.165) is 38.8 Å². The van der Waals surface area contributed by atoms with Crippen molar-refractivity contribution in [2.75, 3.05) is 26.2 Å². The average Bonchev–Trinajstić information content (AvgIpc) is 3.11. The number of carbonyl (C=O) groups excluding carboxylic acids is 1. The van der Waals surface area contributed by atoms with Crippen LogP contribution in [-0.4, -0.2) is 49.3 Å². The van der Waals surface area contributed by atoms with E-state index < -0.39 is 0 Å². The van der Waals surface area contributed by atoms with E-state index in [1.807, 2.05) is 4.90 Å². The highest BCUT2D eigenvalue weighted by molar-refractivity contribution is 5.74. The van der Waals surface area contributed by atoms with Crippen molar-refractivity contribution in [1.29, 1.82) is 0 Å². The summed E-state index contributed by atoms with van der Waals surface area (Å²) >= 11 is 0. The predicted octanol–water partition coefficient (Wildman–Crippen LogP) is 0.298. The maximum absolute atomic E-state index is 11.7. The molecule has 1 heterocycles. The highest BCUT2D eigenvalue weighted by Crippen LogP contribution is 2.20. The highest BCUT2D eigenvalue weighted by atomic mass is 16.5. The Morgan fingerprint density at radius 2 is 2.00 bits per heavy atom. The first kappa shape index (κ1) is 11.7. The van der Waals surface area contributed by atoms with Crippen LogP contribution < -0.4 is 11.1 Å². The Hall–Kier alpha value is -0.810. The van der Waals surface area contributed by atoms with Gasteiger partial charge in [0.25, 0.3) is 0 Å². The lowest BCUT2D eigenvalue weighted by molar-refractivity contribution is 0.0190. The molecule has 2 rings (SSSR count). The van der Waals surface area contributed by atoms with Gasteiger partial charge < -0.3 is 20.7 Å². The smallest absolute Gasteiger partial charge is 0.317 e. The molecule has 1 aliphatic heterocycles. The molecule has 0 spiro atoms. The van der Waals surface area contributed by atoms with Crippen molar-refractivity contribution in [3.63, 3.8) is 0 Å². The molecular formula is C11H21N3O2. The van der Waals surface area contributed by atoms with Crippen LogP contribution in [0.5, 0.6) is 0 Å². The molecule has 0 bridgehead atoms. The lowest BCUT2D eigenvalue weighted by Gasteiger charge is -2.31. The second kappa shape index (κ2) is 5.50. The Kier molecular flexibility index (Phi) is 4.01. The molecule has 1 aliphatic carbocycles. The molecule has 5 nitrogen and oxygen atoms in total. The number of nitrogens with one attached hydrogen (secondary N) is 1. The van der Waals surface area contributed by atoms with E-state index in [-0.39, 0.29) is 12.1 Å². The number of carbonyl (C=O) groups is 1. The van der Waals surface area contributed by atoms with Crippen molar-refractivity contribution in [2.24, 2.45) is 5.73 Å². The number of nitrogens with zero attached hydrogens (tertiary/aromatic N) is 1. The number of piperidine rings is 1. The van der Waals surface area contributed by atoms with E-state index in [1.54, 1.807) is 0 Å². The van der Waals surface area contributed by atoms with Gasteiger partial charge in [0.05, 0.1) is 12.7 Å². The van der Waals surface area contributed by atoms with Crippen molar-refractivity contribution < 1.29 is 9.53 Å². The third kappa shape index (κ3) is 3.35. The van der Waals surface area contributed by atoms with Gasteiger partial charge in [-0.25, -0.2) is 4.79 Å². The fourth-order valence-corrected chi connectivity index (χ4v) is 1.95. The van der Waals surface area contributed by atoms with Crippen LogP contribution in [0.2, 0.25) is 0 Å². The summed E-state index contributed by atoms with van der Waals surface area (Å²) in [5, 5.41) is 3.01. The van der Waals surface area contributed by atoms with Gasteiger partial charge >= 0.3 is 6.03 Å². The summed E-state index contributed by atoms with van der Waals surface area (Å²) in [6.45, 7) is 2.79. The Bertz CT molecular complexity index is 235. The molecule has 0 atom stereocenters. The van der Waals surface area contributed by atoms with Gasteiger partial charge in [0.1, 0.15) is 0 Å². The zero-order chi connectivity index (χ0) is 11.4. The molecule has 3 N–H and O–H groups in total. The minimum atomic E-state index is 0.0970. The zero-order valence-electron chi connectivity index (χ0n) is 9.65. The van der Waals surface area contributed by atoms with E-state index in [4.69, 9.17) is 10.5 Å². The Morgan fingerprint density at radius 1 is 1.31 bits per heavy atom. The molecular weight excluding hydrogens is 206 g/mol. The lowest BCUT2D eigenvalue weighted by atomic mass is 10.1. The van der Waals surface area contributed by atoms with Crippen LogP contribution in [0.4, 0.5) is 4.79 Å². The van der Waals surface area contributed by atoms with Crippen LogP contribution in [-0.2, 0) is 4.74 Å². The van der Waals surface area contributed by atoms with Crippen LogP contribution in [0.1, 0.15) is 25.7 Å². The normalized spacial score (nSPS) is 22.2. The SMILES string of the molecule is NCCOC1CCN(C(=O)NC2CC2)CC1. The van der Waals surface area contributed by atoms with E-state index in [2.05, 4.69) is 5.32 Å². The summed E-state index contributed by atoms with van der Waals surface area (Å²) in [6.07, 6.45) is 4.42. The van der Waals surface area contributed by atoms with Gasteiger partial charge in [-0.3, -0.25) is 0 Å². The summed E-state index contributed by atoms with van der Waals surface area (Å²) in [6, 6.07) is 0.540. The summed E-state index contributed by atoms with van der Waals surface area (Å²) in [5.74, 6) is 0. The monoisotopic (exact) mass is 227 g/mol. The standard InChI is InChI=1S/C11H21N3O2/c12-5-8-16-10-3-6-14(7-4-10)11(15)13-9-1-2-9/h9-10H,1-8,12H2,(H,13,15). The van der Waals surface area contributed by atoms with E-state index in [1.165, 1.54) is 0 Å². The number of hydrogen-bond acceptors (Lipinski definition) is 3. The maximum Gasteiger partial charge on any atom is 0.317 e. The van der Waals surface area contributed by atoms with Crippen LogP contribution in [0.15, 0.2) is 0 Å². The molecule has 0 aromatic rings. The van der Waals surface area contributed by atoms with Crippen LogP contribution in [0.25, 0.3) is 0 Å². The lowest BCUT2D eigenvalue weighted by Crippen LogP contribution is -2.46. The Morgan fingerprint density at radius 3 is 2.56 bits per heavy atom. The summed E-state index contributed by atoms with van der Waals surface area (Å²) in [4.78, 5) is 13.6. The number of rotatable bonds is 4. The fraction of sp³-hybridized carbons (Fsp3) is 0.909. The van der Waals surface area contributed by atoms with Crippen molar-refractivity contribution >= 4 is 6.03 Å². The molecule has 5 heteroatoms. The van der Waals surface area contributed by atoms with Crippen molar-refractivity contribution in [3.05, 3.63) is 0 Å². The molecule has 0 aromatic carbocycles. The number of hydrogen-bond donors (Lipinski definition) is 2. The number of amides is 2. The largest absolute Gasteiger partial charge is 0.377 e. The van der Waals surface area contributed by atoms with Crippen LogP contribution >= 0.6 is 0 Å². The number of ether oxygens (including phenoxy) is 1. The molecule has 2 fully saturated rings. The summed E-state index contributed by atoms with van der Waals surface area (Å²) in [5.41, 5.74) is 5.38. The molecule has 0 radical (unpaired) electrons. The number of nitrogens with two attached hydrogens (primary N) is 1. The average molecular weight is 227 g/mol. The quantitative estimate of drug-likeness (QED) is 0.725. The van der Waals surface area contributed by atoms with Gasteiger partial charge in [-0.05, 0) is 25.7 Å². The van der Waals surface area contributed by atoms with Gasteiger partial charge in [-0.15, -0.1) is 0 Å². The van der Waals surface area contributed by atoms with Crippen molar-refractivity contribution in [1.82, 2.24) is 10.2 Å². The van der Waals surface area contributed by atoms with Crippen LogP contribution in [0, 0.1) is 0 Å². The van der Waals surface area contributed by atoms with E-state index in [0.29, 0.717) is 19.2 Å². The minimum Gasteiger partial charge on any atom is -0.377 e. The maximum atomic E-state index is 11.7. The van der Waals surface area contributed by atoms with Crippen molar-refractivity contribution in [2.45, 2.75) is 37.8 Å². The molecule has 92 valence electrons. The number of urea groups is 1. The predicted molar refractivity (Wildman–Crippen MR) is 61.2 cm³/mol. The first-order chi connectivity index (χ1) is 7.79. The summed E-state index contributed by atoms with van der Waals surface area (Å²) < 4.78 is 5.57. The fourth-order valence-electron chi connectivity index (χ4n) is 1.95. The highest BCUT2D eigenvalue weighted by Gasteiger charge is 2.28. The third-order valence-corrected chi connectivity index (χ3v) is 3.11. The van der Waals surface area contributed by atoms with Crippen LogP contribution in [0.3, 0.4) is 0 Å². The third-order valence-electron chi connectivity index (χ3n) is 3.11. The van der Waals surface area contributed by atoms with E-state index in [9.17, 15) is 4.79 Å². The van der Waals surface area contributed by atoms with Gasteiger partial charge in [0, 0.05) is 25.7 Å². The first-order valence-electron chi connectivity index (χ1n) is 6.16. The second-order valence-electron chi connectivity index (χ2n) is 4.57. The second-order valence-corrected chi connectivity index (χ2v) is 4.57. The topological polar surface area (TPSA) is 67.6 Å². The molecule has 0 aromatic heterocycles. The Labute approximate surface area is 96.3 Å². The van der Waals surface area contributed by atoms with Crippen molar-refractivity contribution in [3.8, 4) is 0 Å². The molecule has 1 saturated carbocycles. The van der Waals surface area contributed by atoms with Gasteiger partial charge in [-0.1, -0.05) is 0 Å². The summed E-state index contributed by atoms with van der Waals surface area (Å²) in [7, 11) is 0. The minimum absolute atomic E-state index is 0.0970. The van der Waals surface area contributed by atoms with E-state index >= 15 is 0 Å².